The third-order valence-electron chi connectivity index (χ3n) is 8.69. The van der Waals surface area contributed by atoms with Gasteiger partial charge < -0.3 is 29.1 Å². The predicted octanol–water partition coefficient (Wildman–Crippen LogP) is 6.23. The van der Waals surface area contributed by atoms with Crippen molar-refractivity contribution < 1.29 is 28.2 Å². The number of nitrogens with zero attached hydrogens (tertiary/aromatic N) is 4. The molecule has 0 radical (unpaired) electrons. The molecule has 1 saturated carbocycles. The average Bonchev–Trinajstić information content (AvgIpc) is 3.86. The van der Waals surface area contributed by atoms with Crippen molar-refractivity contribution in [1.82, 2.24) is 14.7 Å². The molecule has 2 aromatic carbocycles. The lowest BCUT2D eigenvalue weighted by Gasteiger charge is -2.39. The van der Waals surface area contributed by atoms with E-state index < -0.39 is 23.1 Å². The van der Waals surface area contributed by atoms with E-state index in [1.807, 2.05) is 54.8 Å². The van der Waals surface area contributed by atoms with Crippen LogP contribution in [0.5, 0.6) is 5.75 Å². The van der Waals surface area contributed by atoms with E-state index in [9.17, 15) is 14.4 Å². The number of halogens is 2. The van der Waals surface area contributed by atoms with Gasteiger partial charge in [0.25, 0.3) is 5.91 Å². The second kappa shape index (κ2) is 13.8. The molecular formula is C35H46BrFN4O5. The first-order chi connectivity index (χ1) is 21.7. The van der Waals surface area contributed by atoms with Crippen molar-refractivity contribution in [3.63, 3.8) is 0 Å². The van der Waals surface area contributed by atoms with Gasteiger partial charge in [-0.2, -0.15) is 0 Å². The molecule has 11 heteroatoms. The number of piperidine rings is 1. The molecule has 250 valence electrons. The quantitative estimate of drug-likeness (QED) is 0.325. The molecule has 0 N–H and O–H groups in total. The van der Waals surface area contributed by atoms with Gasteiger partial charge in [-0.3, -0.25) is 9.59 Å². The van der Waals surface area contributed by atoms with E-state index in [-0.39, 0.29) is 29.5 Å². The second-order valence-electron chi connectivity index (χ2n) is 14.1. The first-order valence-electron chi connectivity index (χ1n) is 16.3. The Labute approximate surface area is 280 Å². The van der Waals surface area contributed by atoms with Crippen molar-refractivity contribution in [3.8, 4) is 5.75 Å². The number of piperazine rings is 1. The van der Waals surface area contributed by atoms with Crippen LogP contribution in [-0.4, -0.2) is 89.1 Å². The maximum absolute atomic E-state index is 16.1. The van der Waals surface area contributed by atoms with Gasteiger partial charge >= 0.3 is 6.09 Å². The molecule has 2 aromatic rings. The smallest absolute Gasteiger partial charge is 0.410 e. The summed E-state index contributed by atoms with van der Waals surface area (Å²) in [5.74, 6) is -0.935. The summed E-state index contributed by atoms with van der Waals surface area (Å²) in [6.07, 6.45) is 3.16. The van der Waals surface area contributed by atoms with E-state index >= 15 is 4.39 Å². The highest BCUT2D eigenvalue weighted by atomic mass is 79.9. The standard InChI is InChI=1S/C35H46BrFN4O5/c1-34(2,3)46-33(44)39-20-18-38(19-21-39)32(43)35(4,5)45-29-10-6-9-28(30(29)37)40-17-7-8-25(23-40)31(42)41(27-15-16-27)22-24-11-13-26(36)14-12-24/h6,9-14,25,27H,7-8,15-23H2,1-5H3/t25-/m1/s1. The van der Waals surface area contributed by atoms with Gasteiger partial charge in [0.1, 0.15) is 5.60 Å². The van der Waals surface area contributed by atoms with E-state index in [1.54, 1.807) is 35.8 Å². The summed E-state index contributed by atoms with van der Waals surface area (Å²) in [6.45, 7) is 11.7. The lowest BCUT2D eigenvalue weighted by molar-refractivity contribution is -0.147. The van der Waals surface area contributed by atoms with Crippen molar-refractivity contribution in [2.75, 3.05) is 44.2 Å². The molecule has 1 aliphatic carbocycles. The lowest BCUT2D eigenvalue weighted by Crippen LogP contribution is -2.57. The molecule has 0 spiro atoms. The van der Waals surface area contributed by atoms with Crippen LogP contribution in [0.1, 0.15) is 65.9 Å². The Bertz CT molecular complexity index is 1420. The number of carbonyl (C=O) groups excluding carboxylic acids is 3. The molecular weight excluding hydrogens is 655 g/mol. The molecule has 2 heterocycles. The number of carbonyl (C=O) groups is 3. The molecule has 2 aliphatic heterocycles. The Balaban J connectivity index is 1.22. The zero-order chi connectivity index (χ0) is 33.2. The molecule has 1 atom stereocenters. The fraction of sp³-hybridized carbons (Fsp3) is 0.571. The highest BCUT2D eigenvalue weighted by molar-refractivity contribution is 9.10. The normalized spacial score (nSPS) is 19.1. The SMILES string of the molecule is CC(C)(C)OC(=O)N1CCN(C(=O)C(C)(C)Oc2cccc(N3CCC[C@@H](C(=O)N(Cc4ccc(Br)cc4)C4CC4)C3)c2F)CC1. The van der Waals surface area contributed by atoms with Gasteiger partial charge in [-0.05, 0) is 90.1 Å². The van der Waals surface area contributed by atoms with Crippen LogP contribution in [0.4, 0.5) is 14.9 Å². The second-order valence-corrected chi connectivity index (χ2v) is 15.0. The predicted molar refractivity (Wildman–Crippen MR) is 178 cm³/mol. The summed E-state index contributed by atoms with van der Waals surface area (Å²) in [4.78, 5) is 46.9. The molecule has 46 heavy (non-hydrogen) atoms. The van der Waals surface area contributed by atoms with E-state index in [2.05, 4.69) is 15.9 Å². The molecule has 5 rings (SSSR count). The van der Waals surface area contributed by atoms with Gasteiger partial charge in [-0.1, -0.05) is 34.1 Å². The third kappa shape index (κ3) is 8.32. The zero-order valence-corrected chi connectivity index (χ0v) is 29.1. The monoisotopic (exact) mass is 700 g/mol. The summed E-state index contributed by atoms with van der Waals surface area (Å²) in [5, 5.41) is 0. The number of anilines is 1. The minimum atomic E-state index is -1.34. The van der Waals surface area contributed by atoms with Crippen LogP contribution in [0.2, 0.25) is 0 Å². The van der Waals surface area contributed by atoms with Crippen LogP contribution in [0.15, 0.2) is 46.9 Å². The average molecular weight is 702 g/mol. The van der Waals surface area contributed by atoms with Crippen molar-refractivity contribution in [1.29, 1.82) is 0 Å². The zero-order valence-electron chi connectivity index (χ0n) is 27.6. The molecule has 3 fully saturated rings. The molecule has 9 nitrogen and oxygen atoms in total. The first kappa shape index (κ1) is 34.0. The summed E-state index contributed by atoms with van der Waals surface area (Å²) in [7, 11) is 0. The van der Waals surface area contributed by atoms with Crippen LogP contribution in [0.3, 0.4) is 0 Å². The number of rotatable bonds is 8. The third-order valence-corrected chi connectivity index (χ3v) is 9.22. The van der Waals surface area contributed by atoms with Crippen molar-refractivity contribution >= 4 is 39.5 Å². The molecule has 3 aliphatic rings. The van der Waals surface area contributed by atoms with E-state index in [0.717, 1.165) is 35.7 Å². The minimum Gasteiger partial charge on any atom is -0.475 e. The van der Waals surface area contributed by atoms with Crippen molar-refractivity contribution in [2.45, 2.75) is 84.1 Å². The molecule has 0 unspecified atom stereocenters. The molecule has 3 amide bonds. The topological polar surface area (TPSA) is 82.6 Å². The number of benzene rings is 2. The Morgan fingerprint density at radius 1 is 0.913 bits per heavy atom. The maximum atomic E-state index is 16.1. The van der Waals surface area contributed by atoms with Crippen LogP contribution < -0.4 is 9.64 Å². The van der Waals surface area contributed by atoms with Gasteiger partial charge in [0, 0.05) is 56.3 Å². The highest BCUT2D eigenvalue weighted by Gasteiger charge is 2.40. The van der Waals surface area contributed by atoms with Crippen LogP contribution in [-0.2, 0) is 20.9 Å². The van der Waals surface area contributed by atoms with Crippen LogP contribution in [0, 0.1) is 11.7 Å². The summed E-state index contributed by atoms with van der Waals surface area (Å²) < 4.78 is 28.6. The van der Waals surface area contributed by atoms with Crippen LogP contribution in [0.25, 0.3) is 0 Å². The molecule has 0 bridgehead atoms. The minimum absolute atomic E-state index is 0.00784. The van der Waals surface area contributed by atoms with Gasteiger partial charge in [0.2, 0.25) is 5.91 Å². The largest absolute Gasteiger partial charge is 0.475 e. The van der Waals surface area contributed by atoms with E-state index in [4.69, 9.17) is 9.47 Å². The van der Waals surface area contributed by atoms with E-state index in [0.29, 0.717) is 51.5 Å². The summed E-state index contributed by atoms with van der Waals surface area (Å²) >= 11 is 3.48. The highest BCUT2D eigenvalue weighted by Crippen LogP contribution is 2.35. The van der Waals surface area contributed by atoms with Gasteiger partial charge in [0.05, 0.1) is 11.6 Å². The Kier molecular flexibility index (Phi) is 10.2. The van der Waals surface area contributed by atoms with Gasteiger partial charge in [-0.15, -0.1) is 0 Å². The Morgan fingerprint density at radius 2 is 1.57 bits per heavy atom. The number of hydrogen-bond acceptors (Lipinski definition) is 6. The fourth-order valence-electron chi connectivity index (χ4n) is 6.13. The van der Waals surface area contributed by atoms with Gasteiger partial charge in [0.15, 0.2) is 17.2 Å². The molecule has 2 saturated heterocycles. The lowest BCUT2D eigenvalue weighted by atomic mass is 9.95. The molecule has 0 aromatic heterocycles. The van der Waals surface area contributed by atoms with Gasteiger partial charge in [-0.25, -0.2) is 9.18 Å². The van der Waals surface area contributed by atoms with E-state index in [1.165, 1.54) is 6.07 Å². The first-order valence-corrected chi connectivity index (χ1v) is 17.1. The summed E-state index contributed by atoms with van der Waals surface area (Å²) in [6, 6.07) is 13.3. The number of hydrogen-bond donors (Lipinski definition) is 0. The van der Waals surface area contributed by atoms with Crippen molar-refractivity contribution in [3.05, 3.63) is 58.3 Å². The number of ether oxygens (including phenoxy) is 2. The maximum Gasteiger partial charge on any atom is 0.410 e. The van der Waals surface area contributed by atoms with Crippen LogP contribution >= 0.6 is 15.9 Å². The Hall–Kier alpha value is -3.34. The summed E-state index contributed by atoms with van der Waals surface area (Å²) in [5.41, 5.74) is -0.476. The van der Waals surface area contributed by atoms with Crippen molar-refractivity contribution in [2.24, 2.45) is 5.92 Å². The fourth-order valence-corrected chi connectivity index (χ4v) is 6.40. The number of amides is 3. The Morgan fingerprint density at radius 3 is 2.20 bits per heavy atom.